The van der Waals surface area contributed by atoms with Crippen molar-refractivity contribution in [3.05, 3.63) is 51.9 Å². The second-order valence-corrected chi connectivity index (χ2v) is 8.84. The molecule has 0 spiro atoms. The third-order valence-electron chi connectivity index (χ3n) is 5.05. The van der Waals surface area contributed by atoms with Crippen LogP contribution in [0.1, 0.15) is 58.1 Å². The average molecular weight is 397 g/mol. The SMILES string of the molecule is CCCCOc1cc2c([nH]c(=O)n2Cc2ccc(CCC(C)(C)C)cc2)c(N)n1. The van der Waals surface area contributed by atoms with Crippen LogP contribution in [0.5, 0.6) is 5.88 Å². The van der Waals surface area contributed by atoms with Gasteiger partial charge < -0.3 is 15.5 Å². The van der Waals surface area contributed by atoms with E-state index in [0.717, 1.165) is 31.2 Å². The first-order chi connectivity index (χ1) is 13.8. The van der Waals surface area contributed by atoms with Crippen LogP contribution in [-0.2, 0) is 13.0 Å². The highest BCUT2D eigenvalue weighted by Crippen LogP contribution is 2.23. The van der Waals surface area contributed by atoms with Crippen molar-refractivity contribution in [3.63, 3.8) is 0 Å². The lowest BCUT2D eigenvalue weighted by Gasteiger charge is -2.17. The minimum absolute atomic E-state index is 0.198. The maximum absolute atomic E-state index is 12.5. The van der Waals surface area contributed by atoms with Gasteiger partial charge in [-0.3, -0.25) is 4.57 Å². The third-order valence-corrected chi connectivity index (χ3v) is 5.05. The Hall–Kier alpha value is -2.76. The Morgan fingerprint density at radius 2 is 1.86 bits per heavy atom. The van der Waals surface area contributed by atoms with Crippen molar-refractivity contribution in [2.75, 3.05) is 12.3 Å². The summed E-state index contributed by atoms with van der Waals surface area (Å²) in [4.78, 5) is 19.6. The van der Waals surface area contributed by atoms with Crippen molar-refractivity contribution in [1.29, 1.82) is 0 Å². The molecule has 2 aromatic heterocycles. The fourth-order valence-corrected chi connectivity index (χ4v) is 3.22. The molecular formula is C23H32N4O2. The quantitative estimate of drug-likeness (QED) is 0.549. The summed E-state index contributed by atoms with van der Waals surface area (Å²) in [5, 5.41) is 0. The van der Waals surface area contributed by atoms with Crippen molar-refractivity contribution in [3.8, 4) is 5.88 Å². The molecule has 0 amide bonds. The number of hydrogen-bond donors (Lipinski definition) is 2. The number of anilines is 1. The maximum atomic E-state index is 12.5. The minimum atomic E-state index is -0.198. The lowest BCUT2D eigenvalue weighted by Crippen LogP contribution is -2.17. The molecular weight excluding hydrogens is 364 g/mol. The number of ether oxygens (including phenoxy) is 1. The molecule has 1 aromatic carbocycles. The molecule has 0 unspecified atom stereocenters. The van der Waals surface area contributed by atoms with Crippen LogP contribution in [0.2, 0.25) is 0 Å². The molecule has 2 heterocycles. The zero-order chi connectivity index (χ0) is 21.0. The van der Waals surface area contributed by atoms with Crippen molar-refractivity contribution >= 4 is 16.9 Å². The molecule has 0 saturated carbocycles. The molecule has 29 heavy (non-hydrogen) atoms. The summed E-state index contributed by atoms with van der Waals surface area (Å²) in [5.74, 6) is 0.733. The molecule has 0 aliphatic heterocycles. The van der Waals surface area contributed by atoms with E-state index in [1.165, 1.54) is 5.56 Å². The second-order valence-electron chi connectivity index (χ2n) is 8.84. The topological polar surface area (TPSA) is 85.9 Å². The van der Waals surface area contributed by atoms with Crippen molar-refractivity contribution in [1.82, 2.24) is 14.5 Å². The number of aromatic amines is 1. The van der Waals surface area contributed by atoms with E-state index in [4.69, 9.17) is 10.5 Å². The fourth-order valence-electron chi connectivity index (χ4n) is 3.22. The third kappa shape index (κ3) is 5.40. The van der Waals surface area contributed by atoms with Gasteiger partial charge in [0, 0.05) is 6.07 Å². The Morgan fingerprint density at radius 3 is 2.52 bits per heavy atom. The van der Waals surface area contributed by atoms with Gasteiger partial charge in [-0.05, 0) is 35.8 Å². The number of fused-ring (bicyclic) bond motifs is 1. The number of H-pyrrole nitrogens is 1. The van der Waals surface area contributed by atoms with Crippen LogP contribution >= 0.6 is 0 Å². The van der Waals surface area contributed by atoms with E-state index < -0.39 is 0 Å². The van der Waals surface area contributed by atoms with Gasteiger partial charge in [-0.2, -0.15) is 4.98 Å². The molecule has 6 heteroatoms. The number of unbranched alkanes of at least 4 members (excludes halogenated alkanes) is 1. The summed E-state index contributed by atoms with van der Waals surface area (Å²) in [7, 11) is 0. The molecule has 6 nitrogen and oxygen atoms in total. The van der Waals surface area contributed by atoms with Gasteiger partial charge in [0.2, 0.25) is 5.88 Å². The molecule has 0 saturated heterocycles. The zero-order valence-electron chi connectivity index (χ0n) is 17.9. The van der Waals surface area contributed by atoms with Gasteiger partial charge >= 0.3 is 5.69 Å². The first kappa shape index (κ1) is 21.0. The standard InChI is InChI=1S/C23H32N4O2/c1-5-6-13-29-19-14-18-20(21(24)25-19)26-22(28)27(18)15-17-9-7-16(8-10-17)11-12-23(2,3)4/h7-10,14H,5-6,11-13,15H2,1-4H3,(H2,24,25)(H,26,28). The highest BCUT2D eigenvalue weighted by Gasteiger charge is 2.14. The summed E-state index contributed by atoms with van der Waals surface area (Å²) in [5.41, 5.74) is 9.82. The molecule has 0 fully saturated rings. The predicted molar refractivity (Wildman–Crippen MR) is 118 cm³/mol. The number of imidazole rings is 1. The molecule has 0 radical (unpaired) electrons. The molecule has 0 aliphatic carbocycles. The zero-order valence-corrected chi connectivity index (χ0v) is 17.9. The van der Waals surface area contributed by atoms with Gasteiger partial charge in [0.25, 0.3) is 0 Å². The lowest BCUT2D eigenvalue weighted by molar-refractivity contribution is 0.298. The van der Waals surface area contributed by atoms with E-state index >= 15 is 0 Å². The van der Waals surface area contributed by atoms with E-state index in [-0.39, 0.29) is 11.5 Å². The van der Waals surface area contributed by atoms with Gasteiger partial charge in [0.05, 0.1) is 18.7 Å². The van der Waals surface area contributed by atoms with Gasteiger partial charge in [-0.25, -0.2) is 4.79 Å². The van der Waals surface area contributed by atoms with Crippen molar-refractivity contribution in [2.45, 2.75) is 59.9 Å². The number of pyridine rings is 1. The Morgan fingerprint density at radius 1 is 1.17 bits per heavy atom. The number of nitrogen functional groups attached to an aromatic ring is 1. The highest BCUT2D eigenvalue weighted by molar-refractivity contribution is 5.85. The fraction of sp³-hybridized carbons (Fsp3) is 0.478. The average Bonchev–Trinajstić information content (AvgIpc) is 2.97. The summed E-state index contributed by atoms with van der Waals surface area (Å²) in [6.07, 6.45) is 4.18. The number of benzene rings is 1. The van der Waals surface area contributed by atoms with Gasteiger partial charge in [-0.1, -0.05) is 58.4 Å². The lowest BCUT2D eigenvalue weighted by atomic mass is 9.88. The minimum Gasteiger partial charge on any atom is -0.478 e. The van der Waals surface area contributed by atoms with E-state index in [1.807, 2.05) is 0 Å². The first-order valence-corrected chi connectivity index (χ1v) is 10.4. The second kappa shape index (κ2) is 8.72. The summed E-state index contributed by atoms with van der Waals surface area (Å²) < 4.78 is 7.38. The molecule has 3 rings (SSSR count). The maximum Gasteiger partial charge on any atom is 0.326 e. The Labute approximate surface area is 172 Å². The number of aryl methyl sites for hydroxylation is 1. The number of aromatic nitrogens is 3. The normalized spacial score (nSPS) is 11.9. The highest BCUT2D eigenvalue weighted by atomic mass is 16.5. The molecule has 156 valence electrons. The Bertz CT molecular complexity index is 1010. The van der Waals surface area contributed by atoms with Gasteiger partial charge in [0.1, 0.15) is 5.52 Å². The summed E-state index contributed by atoms with van der Waals surface area (Å²) >= 11 is 0. The number of nitrogens with two attached hydrogens (primary N) is 1. The van der Waals surface area contributed by atoms with E-state index in [0.29, 0.717) is 35.5 Å². The van der Waals surface area contributed by atoms with Crippen LogP contribution < -0.4 is 16.2 Å². The van der Waals surface area contributed by atoms with Crippen LogP contribution in [0.4, 0.5) is 5.82 Å². The van der Waals surface area contributed by atoms with Gasteiger partial charge in [0.15, 0.2) is 5.82 Å². The van der Waals surface area contributed by atoms with E-state index in [1.54, 1.807) is 10.6 Å². The summed E-state index contributed by atoms with van der Waals surface area (Å²) in [6.45, 7) is 9.92. The van der Waals surface area contributed by atoms with E-state index in [9.17, 15) is 4.79 Å². The largest absolute Gasteiger partial charge is 0.478 e. The summed E-state index contributed by atoms with van der Waals surface area (Å²) in [6, 6.07) is 10.3. The van der Waals surface area contributed by atoms with Crippen molar-refractivity contribution in [2.24, 2.45) is 5.41 Å². The van der Waals surface area contributed by atoms with Crippen LogP contribution in [0.25, 0.3) is 11.0 Å². The van der Waals surface area contributed by atoms with Crippen LogP contribution in [0, 0.1) is 5.41 Å². The Kier molecular flexibility index (Phi) is 6.30. The smallest absolute Gasteiger partial charge is 0.326 e. The Balaban J connectivity index is 1.82. The molecule has 3 aromatic rings. The number of nitrogens with one attached hydrogen (secondary N) is 1. The first-order valence-electron chi connectivity index (χ1n) is 10.4. The number of hydrogen-bond acceptors (Lipinski definition) is 4. The molecule has 0 atom stereocenters. The molecule has 0 bridgehead atoms. The van der Waals surface area contributed by atoms with Crippen LogP contribution in [-0.4, -0.2) is 21.1 Å². The van der Waals surface area contributed by atoms with Gasteiger partial charge in [-0.15, -0.1) is 0 Å². The molecule has 3 N–H and O–H groups in total. The monoisotopic (exact) mass is 396 g/mol. The predicted octanol–water partition coefficient (Wildman–Crippen LogP) is 4.51. The van der Waals surface area contributed by atoms with Crippen LogP contribution in [0.3, 0.4) is 0 Å². The number of rotatable bonds is 8. The molecule has 0 aliphatic rings. The number of nitrogens with zero attached hydrogens (tertiary/aromatic N) is 2. The van der Waals surface area contributed by atoms with Crippen LogP contribution in [0.15, 0.2) is 35.1 Å². The van der Waals surface area contributed by atoms with Crippen molar-refractivity contribution < 1.29 is 4.74 Å². The van der Waals surface area contributed by atoms with E-state index in [2.05, 4.69) is 61.9 Å².